The molecule has 1 aromatic rings. The predicted octanol–water partition coefficient (Wildman–Crippen LogP) is 4.56. The number of anilines is 1. The quantitative estimate of drug-likeness (QED) is 0.853. The Balaban J connectivity index is 1.88. The first-order valence-corrected chi connectivity index (χ1v) is 7.09. The summed E-state index contributed by atoms with van der Waals surface area (Å²) in [6, 6.07) is 5.65. The molecule has 0 atom stereocenters. The third-order valence-corrected chi connectivity index (χ3v) is 4.06. The van der Waals surface area contributed by atoms with Gasteiger partial charge in [0.2, 0.25) is 5.91 Å². The van der Waals surface area contributed by atoms with Crippen molar-refractivity contribution in [3.63, 3.8) is 0 Å². The van der Waals surface area contributed by atoms with E-state index in [1.54, 1.807) is 0 Å². The van der Waals surface area contributed by atoms with Crippen LogP contribution in [0, 0.1) is 12.8 Å². The molecule has 1 amide bonds. The van der Waals surface area contributed by atoms with Crippen molar-refractivity contribution in [3.8, 4) is 0 Å². The number of hydrogen-bond donors (Lipinski definition) is 1. The van der Waals surface area contributed by atoms with Gasteiger partial charge in [-0.3, -0.25) is 4.79 Å². The first-order chi connectivity index (χ1) is 8.65. The van der Waals surface area contributed by atoms with E-state index in [1.807, 2.05) is 25.1 Å². The minimum atomic E-state index is 0.113. The van der Waals surface area contributed by atoms with Gasteiger partial charge in [-0.15, -0.1) is 0 Å². The summed E-state index contributed by atoms with van der Waals surface area (Å²) in [5, 5.41) is 3.63. The van der Waals surface area contributed by atoms with Crippen LogP contribution in [0.2, 0.25) is 5.02 Å². The van der Waals surface area contributed by atoms with Gasteiger partial charge in [0.25, 0.3) is 0 Å². The van der Waals surface area contributed by atoms with Crippen molar-refractivity contribution in [1.82, 2.24) is 0 Å². The fourth-order valence-electron chi connectivity index (χ4n) is 2.54. The van der Waals surface area contributed by atoms with Gasteiger partial charge in [-0.25, -0.2) is 0 Å². The molecule has 1 aromatic carbocycles. The molecular formula is C15H20ClNO. The van der Waals surface area contributed by atoms with Crippen molar-refractivity contribution in [2.24, 2.45) is 5.92 Å². The average molecular weight is 266 g/mol. The molecule has 2 nitrogen and oxygen atoms in total. The molecule has 18 heavy (non-hydrogen) atoms. The number of carbonyl (C=O) groups is 1. The summed E-state index contributed by atoms with van der Waals surface area (Å²) >= 11 is 6.04. The molecule has 0 aromatic heterocycles. The highest BCUT2D eigenvalue weighted by Gasteiger charge is 2.17. The van der Waals surface area contributed by atoms with E-state index in [2.05, 4.69) is 5.32 Å². The molecular weight excluding hydrogens is 246 g/mol. The Kier molecular flexibility index (Phi) is 4.65. The fraction of sp³-hybridized carbons (Fsp3) is 0.533. The van der Waals surface area contributed by atoms with Gasteiger partial charge in [0, 0.05) is 17.1 Å². The lowest BCUT2D eigenvalue weighted by molar-refractivity contribution is -0.117. The predicted molar refractivity (Wildman–Crippen MR) is 76.0 cm³/mol. The van der Waals surface area contributed by atoms with Crippen LogP contribution in [-0.4, -0.2) is 5.91 Å². The molecule has 0 heterocycles. The molecule has 2 rings (SSSR count). The van der Waals surface area contributed by atoms with Gasteiger partial charge < -0.3 is 5.32 Å². The molecule has 1 aliphatic carbocycles. The third-order valence-electron chi connectivity index (χ3n) is 3.65. The molecule has 3 heteroatoms. The van der Waals surface area contributed by atoms with E-state index in [0.29, 0.717) is 17.4 Å². The second kappa shape index (κ2) is 6.24. The van der Waals surface area contributed by atoms with Crippen LogP contribution in [0.1, 0.15) is 44.1 Å². The fourth-order valence-corrected chi connectivity index (χ4v) is 2.72. The third kappa shape index (κ3) is 3.74. The molecule has 0 spiro atoms. The topological polar surface area (TPSA) is 29.1 Å². The zero-order chi connectivity index (χ0) is 13.0. The lowest BCUT2D eigenvalue weighted by Crippen LogP contribution is -2.18. The van der Waals surface area contributed by atoms with Crippen LogP contribution in [-0.2, 0) is 4.79 Å². The monoisotopic (exact) mass is 265 g/mol. The highest BCUT2D eigenvalue weighted by Crippen LogP contribution is 2.27. The first-order valence-electron chi connectivity index (χ1n) is 6.71. The summed E-state index contributed by atoms with van der Waals surface area (Å²) in [5.74, 6) is 0.682. The number of hydrogen-bond acceptors (Lipinski definition) is 1. The minimum absolute atomic E-state index is 0.113. The van der Waals surface area contributed by atoms with Crippen LogP contribution in [0.3, 0.4) is 0 Å². The zero-order valence-electron chi connectivity index (χ0n) is 10.8. The Hall–Kier alpha value is -1.02. The van der Waals surface area contributed by atoms with Crippen LogP contribution in [0.25, 0.3) is 0 Å². The van der Waals surface area contributed by atoms with Crippen LogP contribution < -0.4 is 5.32 Å². The Morgan fingerprint density at radius 3 is 2.72 bits per heavy atom. The Morgan fingerprint density at radius 2 is 2.06 bits per heavy atom. The van der Waals surface area contributed by atoms with Crippen molar-refractivity contribution in [2.75, 3.05) is 5.32 Å². The lowest BCUT2D eigenvalue weighted by atomic mass is 9.87. The van der Waals surface area contributed by atoms with Gasteiger partial charge in [0.1, 0.15) is 0 Å². The normalized spacial score (nSPS) is 16.6. The largest absolute Gasteiger partial charge is 0.326 e. The number of nitrogens with one attached hydrogen (secondary N) is 1. The maximum absolute atomic E-state index is 11.9. The summed E-state index contributed by atoms with van der Waals surface area (Å²) in [4.78, 5) is 11.9. The molecule has 0 radical (unpaired) electrons. The second-order valence-electron chi connectivity index (χ2n) is 5.22. The van der Waals surface area contributed by atoms with Crippen molar-refractivity contribution >= 4 is 23.2 Å². The van der Waals surface area contributed by atoms with Gasteiger partial charge in [-0.2, -0.15) is 0 Å². The van der Waals surface area contributed by atoms with E-state index in [0.717, 1.165) is 11.3 Å². The van der Waals surface area contributed by atoms with Crippen LogP contribution in [0.4, 0.5) is 5.69 Å². The van der Waals surface area contributed by atoms with Crippen molar-refractivity contribution in [3.05, 3.63) is 28.8 Å². The molecule has 1 fully saturated rings. The van der Waals surface area contributed by atoms with Crippen molar-refractivity contribution in [1.29, 1.82) is 0 Å². The first kappa shape index (κ1) is 13.4. The van der Waals surface area contributed by atoms with Crippen LogP contribution in [0.5, 0.6) is 0 Å². The van der Waals surface area contributed by atoms with Crippen LogP contribution >= 0.6 is 11.6 Å². The number of carbonyl (C=O) groups excluding carboxylic acids is 1. The zero-order valence-corrected chi connectivity index (χ0v) is 11.6. The van der Waals surface area contributed by atoms with E-state index in [4.69, 9.17) is 11.6 Å². The molecule has 1 aliphatic rings. The summed E-state index contributed by atoms with van der Waals surface area (Å²) in [6.07, 6.45) is 6.91. The molecule has 0 aliphatic heterocycles. The van der Waals surface area contributed by atoms with E-state index >= 15 is 0 Å². The SMILES string of the molecule is Cc1ccc(NC(=O)CC2CCCCC2)cc1Cl. The summed E-state index contributed by atoms with van der Waals surface area (Å²) in [5.41, 5.74) is 1.83. The molecule has 1 N–H and O–H groups in total. The van der Waals surface area contributed by atoms with Gasteiger partial charge >= 0.3 is 0 Å². The average Bonchev–Trinajstić information content (AvgIpc) is 2.35. The smallest absolute Gasteiger partial charge is 0.224 e. The maximum atomic E-state index is 11.9. The Morgan fingerprint density at radius 1 is 1.33 bits per heavy atom. The molecule has 98 valence electrons. The summed E-state index contributed by atoms with van der Waals surface area (Å²) < 4.78 is 0. The number of benzene rings is 1. The van der Waals surface area contributed by atoms with Gasteiger partial charge in [-0.05, 0) is 43.4 Å². The molecule has 0 unspecified atom stereocenters. The molecule has 1 saturated carbocycles. The Labute approximate surface area is 114 Å². The van der Waals surface area contributed by atoms with Crippen molar-refractivity contribution in [2.45, 2.75) is 45.4 Å². The van der Waals surface area contributed by atoms with E-state index in [9.17, 15) is 4.79 Å². The van der Waals surface area contributed by atoms with Gasteiger partial charge in [0.05, 0.1) is 0 Å². The number of rotatable bonds is 3. The second-order valence-corrected chi connectivity index (χ2v) is 5.63. The van der Waals surface area contributed by atoms with E-state index in [-0.39, 0.29) is 5.91 Å². The number of amides is 1. The van der Waals surface area contributed by atoms with E-state index < -0.39 is 0 Å². The molecule has 0 saturated heterocycles. The Bertz CT molecular complexity index is 425. The maximum Gasteiger partial charge on any atom is 0.224 e. The number of aryl methyl sites for hydroxylation is 1. The minimum Gasteiger partial charge on any atom is -0.326 e. The van der Waals surface area contributed by atoms with Gasteiger partial charge in [0.15, 0.2) is 0 Å². The summed E-state index contributed by atoms with van der Waals surface area (Å²) in [7, 11) is 0. The van der Waals surface area contributed by atoms with Gasteiger partial charge in [-0.1, -0.05) is 36.9 Å². The summed E-state index contributed by atoms with van der Waals surface area (Å²) in [6.45, 7) is 1.95. The highest BCUT2D eigenvalue weighted by molar-refractivity contribution is 6.31. The lowest BCUT2D eigenvalue weighted by Gasteiger charge is -2.20. The van der Waals surface area contributed by atoms with Crippen LogP contribution in [0.15, 0.2) is 18.2 Å². The van der Waals surface area contributed by atoms with E-state index in [1.165, 1.54) is 32.1 Å². The standard InChI is InChI=1S/C15H20ClNO/c1-11-7-8-13(10-14(11)16)17-15(18)9-12-5-3-2-4-6-12/h7-8,10,12H,2-6,9H2,1H3,(H,17,18). The molecule has 0 bridgehead atoms. The highest BCUT2D eigenvalue weighted by atomic mass is 35.5. The van der Waals surface area contributed by atoms with Crippen molar-refractivity contribution < 1.29 is 4.79 Å². The number of halogens is 1.